The summed E-state index contributed by atoms with van der Waals surface area (Å²) in [6.07, 6.45) is 0.625. The minimum atomic E-state index is 0. The molecule has 0 aromatic rings. The van der Waals surface area contributed by atoms with Crippen LogP contribution in [-0.4, -0.2) is 0 Å². The minimum Gasteiger partial charge on any atom is -0.198 e. The summed E-state index contributed by atoms with van der Waals surface area (Å²) < 4.78 is 0. The van der Waals surface area contributed by atoms with Crippen LogP contribution in [0.15, 0.2) is 0 Å². The molecule has 0 spiro atoms. The molecule has 0 heterocycles. The molecule has 0 amide bonds. The molecule has 0 aliphatic heterocycles. The van der Waals surface area contributed by atoms with Crippen LogP contribution in [0.25, 0.3) is 0 Å². The van der Waals surface area contributed by atoms with Gasteiger partial charge in [-0.2, -0.15) is 5.26 Å². The average molecular weight is 239 g/mol. The second kappa shape index (κ2) is 8.90. The predicted octanol–water partition coefficient (Wildman–Crippen LogP) is 0.917. The van der Waals surface area contributed by atoms with Crippen LogP contribution in [-0.2, 0) is 21.1 Å². The molecule has 0 saturated heterocycles. The van der Waals surface area contributed by atoms with Crippen molar-refractivity contribution in [1.29, 1.82) is 5.26 Å². The van der Waals surface area contributed by atoms with Crippen molar-refractivity contribution in [3.63, 3.8) is 0 Å². The zero-order valence-corrected chi connectivity index (χ0v) is 6.00. The third-order valence-corrected chi connectivity index (χ3v) is 0.158. The van der Waals surface area contributed by atoms with Gasteiger partial charge in [-0.3, -0.25) is 0 Å². The molecule has 0 fully saturated rings. The van der Waals surface area contributed by atoms with Crippen molar-refractivity contribution in [3.05, 3.63) is 0 Å². The standard InChI is InChI=1S/C3H5N.W/c1-2-3-4;/h2H2,1H3;. The third-order valence-electron chi connectivity index (χ3n) is 0.158. The fourth-order valence-electron chi connectivity index (χ4n) is 0. The molecule has 0 radical (unpaired) electrons. The zero-order valence-electron chi connectivity index (χ0n) is 3.06. The van der Waals surface area contributed by atoms with Crippen molar-refractivity contribution in [2.75, 3.05) is 0 Å². The maximum Gasteiger partial charge on any atom is 0.0618 e. The molecule has 0 aliphatic carbocycles. The Kier molecular flexibility index (Phi) is 15.9. The Morgan fingerprint density at radius 2 is 2.00 bits per heavy atom. The molecule has 2 heteroatoms. The minimum absolute atomic E-state index is 0. The summed E-state index contributed by atoms with van der Waals surface area (Å²) in [5.41, 5.74) is 0. The Morgan fingerprint density at radius 3 is 2.00 bits per heavy atom. The number of hydrogen-bond donors (Lipinski definition) is 0. The van der Waals surface area contributed by atoms with Crippen LogP contribution < -0.4 is 0 Å². The second-order valence-corrected chi connectivity index (χ2v) is 0.512. The molecule has 0 unspecified atom stereocenters. The Bertz CT molecular complexity index is 36.6. The van der Waals surface area contributed by atoms with Gasteiger partial charge in [-0.15, -0.1) is 0 Å². The van der Waals surface area contributed by atoms with Crippen molar-refractivity contribution in [2.45, 2.75) is 13.3 Å². The first kappa shape index (κ1) is 8.95. The van der Waals surface area contributed by atoms with E-state index in [9.17, 15) is 0 Å². The van der Waals surface area contributed by atoms with Crippen molar-refractivity contribution in [3.8, 4) is 6.07 Å². The molecule has 0 aromatic heterocycles. The van der Waals surface area contributed by atoms with Crippen molar-refractivity contribution in [2.24, 2.45) is 0 Å². The first-order chi connectivity index (χ1) is 1.91. The zero-order chi connectivity index (χ0) is 3.41. The van der Waals surface area contributed by atoms with Crippen LogP contribution in [0.1, 0.15) is 13.3 Å². The van der Waals surface area contributed by atoms with E-state index in [4.69, 9.17) is 5.26 Å². The van der Waals surface area contributed by atoms with Crippen LogP contribution in [0, 0.1) is 11.3 Å². The molecule has 0 atom stereocenters. The van der Waals surface area contributed by atoms with Gasteiger partial charge in [0.05, 0.1) is 6.07 Å². The van der Waals surface area contributed by atoms with Gasteiger partial charge in [0.15, 0.2) is 0 Å². The Labute approximate surface area is 46.2 Å². The van der Waals surface area contributed by atoms with Gasteiger partial charge < -0.3 is 0 Å². The predicted molar refractivity (Wildman–Crippen MR) is 15.9 cm³/mol. The number of rotatable bonds is 0. The molecule has 0 aliphatic rings. The van der Waals surface area contributed by atoms with Gasteiger partial charge in [-0.05, 0) is 0 Å². The van der Waals surface area contributed by atoms with Gasteiger partial charge in [-0.25, -0.2) is 0 Å². The van der Waals surface area contributed by atoms with E-state index < -0.39 is 0 Å². The Morgan fingerprint density at radius 1 is 1.80 bits per heavy atom. The molecule has 1 nitrogen and oxygen atoms in total. The van der Waals surface area contributed by atoms with E-state index in [1.807, 2.05) is 13.0 Å². The SMILES string of the molecule is CCC#N.[W]. The fourth-order valence-corrected chi connectivity index (χ4v) is 0. The van der Waals surface area contributed by atoms with Crippen molar-refractivity contribution in [1.82, 2.24) is 0 Å². The second-order valence-electron chi connectivity index (χ2n) is 0.512. The van der Waals surface area contributed by atoms with Crippen molar-refractivity contribution >= 4 is 0 Å². The molecule has 28 valence electrons. The third kappa shape index (κ3) is 14.3. The van der Waals surface area contributed by atoms with Crippen LogP contribution in [0.2, 0.25) is 0 Å². The molecule has 0 rings (SSSR count). The van der Waals surface area contributed by atoms with E-state index in [0.29, 0.717) is 6.42 Å². The summed E-state index contributed by atoms with van der Waals surface area (Å²) in [7, 11) is 0. The number of hydrogen-bond acceptors (Lipinski definition) is 1. The van der Waals surface area contributed by atoms with Gasteiger partial charge in [0.1, 0.15) is 0 Å². The van der Waals surface area contributed by atoms with Crippen LogP contribution in [0.5, 0.6) is 0 Å². The first-order valence-electron chi connectivity index (χ1n) is 1.28. The van der Waals surface area contributed by atoms with E-state index >= 15 is 0 Å². The molecule has 0 aromatic carbocycles. The topological polar surface area (TPSA) is 23.8 Å². The summed E-state index contributed by atoms with van der Waals surface area (Å²) >= 11 is 0. The Hall–Kier alpha value is 0.178. The van der Waals surface area contributed by atoms with Crippen LogP contribution in [0.4, 0.5) is 0 Å². The molecular weight excluding hydrogens is 234 g/mol. The normalized spacial score (nSPS) is 4.00. The summed E-state index contributed by atoms with van der Waals surface area (Å²) in [5, 5.41) is 7.62. The maximum absolute atomic E-state index is 7.62. The van der Waals surface area contributed by atoms with E-state index in [1.165, 1.54) is 0 Å². The summed E-state index contributed by atoms with van der Waals surface area (Å²) in [6.45, 7) is 1.82. The van der Waals surface area contributed by atoms with E-state index in [1.54, 1.807) is 0 Å². The van der Waals surface area contributed by atoms with Crippen LogP contribution in [0.3, 0.4) is 0 Å². The van der Waals surface area contributed by atoms with E-state index in [-0.39, 0.29) is 21.1 Å². The maximum atomic E-state index is 7.62. The molecular formula is C3H5NW. The summed E-state index contributed by atoms with van der Waals surface area (Å²) in [4.78, 5) is 0. The average Bonchev–Trinajstić information content (AvgIpc) is 1.37. The molecule has 0 N–H and O–H groups in total. The summed E-state index contributed by atoms with van der Waals surface area (Å²) in [6, 6.07) is 1.93. The van der Waals surface area contributed by atoms with Gasteiger partial charge >= 0.3 is 0 Å². The van der Waals surface area contributed by atoms with E-state index in [0.717, 1.165) is 0 Å². The Balaban J connectivity index is 0. The quantitative estimate of drug-likeness (QED) is 0.616. The fraction of sp³-hybridized carbons (Fsp3) is 0.667. The summed E-state index contributed by atoms with van der Waals surface area (Å²) in [5.74, 6) is 0. The van der Waals surface area contributed by atoms with Gasteiger partial charge in [0.2, 0.25) is 0 Å². The first-order valence-corrected chi connectivity index (χ1v) is 1.28. The number of nitriles is 1. The smallest absolute Gasteiger partial charge is 0.0618 e. The van der Waals surface area contributed by atoms with Gasteiger partial charge in [0, 0.05) is 27.5 Å². The number of nitrogens with zero attached hydrogens (tertiary/aromatic N) is 1. The van der Waals surface area contributed by atoms with E-state index in [2.05, 4.69) is 0 Å². The monoisotopic (exact) mass is 239 g/mol. The molecule has 0 saturated carbocycles. The van der Waals surface area contributed by atoms with Gasteiger partial charge in [0.25, 0.3) is 0 Å². The van der Waals surface area contributed by atoms with Gasteiger partial charge in [-0.1, -0.05) is 6.92 Å². The largest absolute Gasteiger partial charge is 0.198 e. The van der Waals surface area contributed by atoms with Crippen molar-refractivity contribution < 1.29 is 21.1 Å². The molecule has 5 heavy (non-hydrogen) atoms. The van der Waals surface area contributed by atoms with Crippen LogP contribution >= 0.6 is 0 Å². The molecule has 0 bridgehead atoms.